The summed E-state index contributed by atoms with van der Waals surface area (Å²) in [4.78, 5) is 23.6. The molecule has 172 valence electrons. The van der Waals surface area contributed by atoms with E-state index in [1.165, 1.54) is 11.8 Å². The molecular weight excluding hydrogens is 440 g/mol. The third-order valence-electron chi connectivity index (χ3n) is 4.96. The zero-order valence-corrected chi connectivity index (χ0v) is 19.8. The SMILES string of the molecule is CCCCN(C(=O)CSc1nnc2nc(NCC)nc(NCC)n12)C1CCS(=O)(=O)C1. The van der Waals surface area contributed by atoms with Gasteiger partial charge in [-0.15, -0.1) is 10.2 Å². The van der Waals surface area contributed by atoms with Gasteiger partial charge in [0, 0.05) is 25.7 Å². The molecule has 2 N–H and O–H groups in total. The molecule has 1 amide bonds. The smallest absolute Gasteiger partial charge is 0.261 e. The lowest BCUT2D eigenvalue weighted by Crippen LogP contribution is -2.42. The fourth-order valence-corrected chi connectivity index (χ4v) is 6.01. The summed E-state index contributed by atoms with van der Waals surface area (Å²) in [5.74, 6) is 1.64. The van der Waals surface area contributed by atoms with E-state index < -0.39 is 9.84 Å². The van der Waals surface area contributed by atoms with Gasteiger partial charge in [-0.3, -0.25) is 4.79 Å². The lowest BCUT2D eigenvalue weighted by Gasteiger charge is -2.28. The van der Waals surface area contributed by atoms with Gasteiger partial charge in [0.1, 0.15) is 0 Å². The van der Waals surface area contributed by atoms with E-state index in [0.29, 0.717) is 48.9 Å². The molecular formula is C18H30N8O3S2. The summed E-state index contributed by atoms with van der Waals surface area (Å²) in [6, 6.07) is -0.247. The number of hydrogen-bond acceptors (Lipinski definition) is 10. The second-order valence-corrected chi connectivity index (χ2v) is 10.5. The van der Waals surface area contributed by atoms with Crippen LogP contribution >= 0.6 is 11.8 Å². The van der Waals surface area contributed by atoms with Crippen LogP contribution in [0.5, 0.6) is 0 Å². The maximum atomic E-state index is 13.0. The molecule has 13 heteroatoms. The van der Waals surface area contributed by atoms with Gasteiger partial charge in [0.2, 0.25) is 17.8 Å². The molecule has 2 aromatic rings. The molecule has 31 heavy (non-hydrogen) atoms. The Morgan fingerprint density at radius 1 is 1.19 bits per heavy atom. The summed E-state index contributed by atoms with van der Waals surface area (Å²) in [6.07, 6.45) is 2.27. The highest BCUT2D eigenvalue weighted by Crippen LogP contribution is 2.24. The summed E-state index contributed by atoms with van der Waals surface area (Å²) in [6.45, 7) is 7.86. The Labute approximate surface area is 186 Å². The highest BCUT2D eigenvalue weighted by atomic mass is 32.2. The number of carbonyl (C=O) groups is 1. The summed E-state index contributed by atoms with van der Waals surface area (Å²) >= 11 is 1.25. The number of sulfone groups is 1. The van der Waals surface area contributed by atoms with E-state index in [0.717, 1.165) is 12.8 Å². The molecule has 11 nitrogen and oxygen atoms in total. The summed E-state index contributed by atoms with van der Waals surface area (Å²) in [7, 11) is -3.06. The van der Waals surface area contributed by atoms with Crippen molar-refractivity contribution in [3.8, 4) is 0 Å². The maximum absolute atomic E-state index is 13.0. The van der Waals surface area contributed by atoms with Gasteiger partial charge in [-0.05, 0) is 26.7 Å². The standard InChI is InChI=1S/C18H30N8O3S2/c1-4-7-9-25(13-8-10-31(28,29)12-13)14(27)11-30-18-24-23-17-22-15(19-5-2)21-16(20-6-3)26(17)18/h13H,4-12H2,1-3H3,(H2,19,20,21,22,23). The molecule has 0 bridgehead atoms. The maximum Gasteiger partial charge on any atom is 0.261 e. The first-order chi connectivity index (χ1) is 14.9. The van der Waals surface area contributed by atoms with E-state index in [1.807, 2.05) is 13.8 Å². The van der Waals surface area contributed by atoms with Crippen molar-refractivity contribution < 1.29 is 13.2 Å². The van der Waals surface area contributed by atoms with Crippen molar-refractivity contribution in [2.24, 2.45) is 0 Å². The average molecular weight is 471 g/mol. The fraction of sp³-hybridized carbons (Fsp3) is 0.722. The van der Waals surface area contributed by atoms with Gasteiger partial charge in [0.05, 0.1) is 17.3 Å². The third kappa shape index (κ3) is 5.76. The van der Waals surface area contributed by atoms with Crippen LogP contribution in [0.4, 0.5) is 11.9 Å². The van der Waals surface area contributed by atoms with Crippen molar-refractivity contribution >= 4 is 45.2 Å². The fourth-order valence-electron chi connectivity index (χ4n) is 3.47. The van der Waals surface area contributed by atoms with Crippen molar-refractivity contribution in [3.63, 3.8) is 0 Å². The molecule has 0 aromatic carbocycles. The van der Waals surface area contributed by atoms with Crippen molar-refractivity contribution in [3.05, 3.63) is 0 Å². The predicted molar refractivity (Wildman–Crippen MR) is 121 cm³/mol. The van der Waals surface area contributed by atoms with E-state index >= 15 is 0 Å². The van der Waals surface area contributed by atoms with Gasteiger partial charge < -0.3 is 15.5 Å². The monoisotopic (exact) mass is 470 g/mol. The Bertz CT molecular complexity index is 1010. The minimum absolute atomic E-state index is 0.0482. The normalized spacial score (nSPS) is 17.7. The van der Waals surface area contributed by atoms with Gasteiger partial charge in [-0.1, -0.05) is 25.1 Å². The number of nitrogens with zero attached hydrogens (tertiary/aromatic N) is 6. The van der Waals surface area contributed by atoms with Crippen LogP contribution in [-0.2, 0) is 14.6 Å². The summed E-state index contributed by atoms with van der Waals surface area (Å²) < 4.78 is 25.5. The molecule has 1 saturated heterocycles. The van der Waals surface area contributed by atoms with Crippen LogP contribution in [-0.4, -0.2) is 86.7 Å². The largest absolute Gasteiger partial charge is 0.355 e. The molecule has 0 radical (unpaired) electrons. The van der Waals surface area contributed by atoms with Crippen molar-refractivity contribution in [2.75, 3.05) is 47.5 Å². The zero-order chi connectivity index (χ0) is 22.4. The molecule has 2 aromatic heterocycles. The molecule has 3 heterocycles. The first kappa shape index (κ1) is 23.5. The molecule has 3 rings (SSSR count). The molecule has 1 fully saturated rings. The van der Waals surface area contributed by atoms with Crippen LogP contribution in [0.15, 0.2) is 5.16 Å². The van der Waals surface area contributed by atoms with Crippen LogP contribution in [0, 0.1) is 0 Å². The highest BCUT2D eigenvalue weighted by molar-refractivity contribution is 7.99. The zero-order valence-electron chi connectivity index (χ0n) is 18.2. The number of anilines is 2. The topological polar surface area (TPSA) is 134 Å². The Hall–Kier alpha value is -2.15. The second-order valence-electron chi connectivity index (χ2n) is 7.34. The van der Waals surface area contributed by atoms with Crippen molar-refractivity contribution in [1.29, 1.82) is 0 Å². The quantitative estimate of drug-likeness (QED) is 0.463. The number of carbonyl (C=O) groups excluding carboxylic acids is 1. The van der Waals surface area contributed by atoms with Crippen LogP contribution in [0.3, 0.4) is 0 Å². The number of nitrogens with one attached hydrogen (secondary N) is 2. The highest BCUT2D eigenvalue weighted by Gasteiger charge is 2.34. The molecule has 0 spiro atoms. The van der Waals surface area contributed by atoms with Crippen LogP contribution in [0.1, 0.15) is 40.0 Å². The number of rotatable bonds is 11. The Kier molecular flexibility index (Phi) is 7.92. The van der Waals surface area contributed by atoms with Gasteiger partial charge in [0.25, 0.3) is 5.78 Å². The van der Waals surface area contributed by atoms with Gasteiger partial charge >= 0.3 is 0 Å². The number of thioether (sulfide) groups is 1. The van der Waals surface area contributed by atoms with E-state index in [1.54, 1.807) is 9.30 Å². The number of hydrogen-bond donors (Lipinski definition) is 2. The average Bonchev–Trinajstić information content (AvgIpc) is 3.30. The first-order valence-corrected chi connectivity index (χ1v) is 13.4. The number of fused-ring (bicyclic) bond motifs is 1. The summed E-state index contributed by atoms with van der Waals surface area (Å²) in [5, 5.41) is 15.1. The molecule has 1 aliphatic heterocycles. The number of aromatic nitrogens is 5. The van der Waals surface area contributed by atoms with Crippen LogP contribution < -0.4 is 10.6 Å². The summed E-state index contributed by atoms with van der Waals surface area (Å²) in [5.41, 5.74) is 0. The Morgan fingerprint density at radius 2 is 1.97 bits per heavy atom. The van der Waals surface area contributed by atoms with Gasteiger partial charge in [0.15, 0.2) is 15.0 Å². The van der Waals surface area contributed by atoms with Gasteiger partial charge in [-0.25, -0.2) is 12.8 Å². The lowest BCUT2D eigenvalue weighted by atomic mass is 10.2. The number of unbranched alkanes of at least 4 members (excludes halogenated alkanes) is 1. The third-order valence-corrected chi connectivity index (χ3v) is 7.63. The Morgan fingerprint density at radius 3 is 2.61 bits per heavy atom. The van der Waals surface area contributed by atoms with E-state index in [4.69, 9.17) is 0 Å². The predicted octanol–water partition coefficient (Wildman–Crippen LogP) is 1.29. The van der Waals surface area contributed by atoms with Crippen molar-refractivity contribution in [2.45, 2.75) is 51.2 Å². The molecule has 1 unspecified atom stereocenters. The van der Waals surface area contributed by atoms with E-state index in [-0.39, 0.29) is 29.2 Å². The Balaban J connectivity index is 1.77. The molecule has 1 aliphatic rings. The molecule has 0 saturated carbocycles. The first-order valence-electron chi connectivity index (χ1n) is 10.6. The molecule has 0 aliphatic carbocycles. The second kappa shape index (κ2) is 10.4. The lowest BCUT2D eigenvalue weighted by molar-refractivity contribution is -0.130. The van der Waals surface area contributed by atoms with E-state index in [2.05, 4.69) is 37.7 Å². The molecule has 1 atom stereocenters. The minimum atomic E-state index is -3.06. The minimum Gasteiger partial charge on any atom is -0.355 e. The van der Waals surface area contributed by atoms with E-state index in [9.17, 15) is 13.2 Å². The van der Waals surface area contributed by atoms with Gasteiger partial charge in [-0.2, -0.15) is 9.97 Å². The number of amides is 1. The van der Waals surface area contributed by atoms with Crippen LogP contribution in [0.2, 0.25) is 0 Å². The van der Waals surface area contributed by atoms with Crippen molar-refractivity contribution in [1.82, 2.24) is 29.5 Å². The van der Waals surface area contributed by atoms with Crippen LogP contribution in [0.25, 0.3) is 5.78 Å².